The average molecular weight is 291 g/mol. The number of nitrogens with one attached hydrogen (secondary N) is 2. The highest BCUT2D eigenvalue weighted by Crippen LogP contribution is 2.23. The summed E-state index contributed by atoms with van der Waals surface area (Å²) in [5.74, 6) is -1.12. The van der Waals surface area contributed by atoms with Crippen molar-refractivity contribution >= 4 is 17.6 Å². The first-order valence-electron chi connectivity index (χ1n) is 5.40. The largest absolute Gasteiger partial charge is 0.573 e. The van der Waals surface area contributed by atoms with Gasteiger partial charge in [-0.2, -0.15) is 0 Å². The Hall–Kier alpha value is -2.45. The molecule has 1 atom stereocenters. The lowest BCUT2D eigenvalue weighted by Crippen LogP contribution is -2.44. The Kier molecular flexibility index (Phi) is 4.78. The van der Waals surface area contributed by atoms with E-state index >= 15 is 0 Å². The quantitative estimate of drug-likeness (QED) is 0.786. The number of alkyl halides is 3. The van der Waals surface area contributed by atoms with Crippen LogP contribution in [0.2, 0.25) is 0 Å². The maximum absolute atomic E-state index is 11.9. The average Bonchev–Trinajstić information content (AvgIpc) is 2.29. The third-order valence-electron chi connectivity index (χ3n) is 2.12. The van der Waals surface area contributed by atoms with Gasteiger partial charge in [0.15, 0.2) is 0 Å². The van der Waals surface area contributed by atoms with E-state index in [4.69, 9.17) is 5.73 Å². The number of carbonyl (C=O) groups is 2. The smallest absolute Gasteiger partial charge is 0.406 e. The Morgan fingerprint density at radius 2 is 1.80 bits per heavy atom. The van der Waals surface area contributed by atoms with Crippen LogP contribution in [0.5, 0.6) is 5.75 Å². The molecule has 0 saturated heterocycles. The van der Waals surface area contributed by atoms with Crippen LogP contribution in [0.25, 0.3) is 0 Å². The van der Waals surface area contributed by atoms with Crippen molar-refractivity contribution in [1.82, 2.24) is 5.32 Å². The second-order valence-corrected chi connectivity index (χ2v) is 3.79. The number of amides is 3. The zero-order valence-corrected chi connectivity index (χ0v) is 10.3. The summed E-state index contributed by atoms with van der Waals surface area (Å²) < 4.78 is 39.4. The molecule has 1 unspecified atom stereocenters. The molecule has 0 fully saturated rings. The van der Waals surface area contributed by atoms with Crippen molar-refractivity contribution < 1.29 is 27.5 Å². The monoisotopic (exact) mass is 291 g/mol. The van der Waals surface area contributed by atoms with Crippen LogP contribution in [-0.4, -0.2) is 24.3 Å². The molecule has 4 N–H and O–H groups in total. The number of rotatable bonds is 4. The minimum absolute atomic E-state index is 0.230. The van der Waals surface area contributed by atoms with Crippen molar-refractivity contribution in [1.29, 1.82) is 0 Å². The molecule has 20 heavy (non-hydrogen) atoms. The van der Waals surface area contributed by atoms with E-state index in [1.807, 2.05) is 0 Å². The molecular formula is C11H12F3N3O3. The van der Waals surface area contributed by atoms with Crippen molar-refractivity contribution in [2.75, 3.05) is 5.32 Å². The van der Waals surface area contributed by atoms with E-state index in [9.17, 15) is 22.8 Å². The Morgan fingerprint density at radius 1 is 1.25 bits per heavy atom. The van der Waals surface area contributed by atoms with Gasteiger partial charge in [0.1, 0.15) is 11.8 Å². The van der Waals surface area contributed by atoms with Crippen LogP contribution >= 0.6 is 0 Å². The summed E-state index contributed by atoms with van der Waals surface area (Å²) in [6.07, 6.45) is -4.77. The molecular weight excluding hydrogens is 279 g/mol. The van der Waals surface area contributed by atoms with Gasteiger partial charge in [-0.15, -0.1) is 13.2 Å². The fourth-order valence-electron chi connectivity index (χ4n) is 1.17. The zero-order valence-electron chi connectivity index (χ0n) is 10.3. The van der Waals surface area contributed by atoms with E-state index < -0.39 is 30.1 Å². The number of carbonyl (C=O) groups excluding carboxylic acids is 2. The maximum Gasteiger partial charge on any atom is 0.573 e. The molecule has 1 rings (SSSR count). The normalized spacial score (nSPS) is 12.4. The lowest BCUT2D eigenvalue weighted by molar-refractivity contribution is -0.274. The Balaban J connectivity index is 2.57. The molecule has 3 amide bonds. The van der Waals surface area contributed by atoms with E-state index in [-0.39, 0.29) is 5.69 Å². The highest BCUT2D eigenvalue weighted by molar-refractivity contribution is 5.93. The highest BCUT2D eigenvalue weighted by Gasteiger charge is 2.30. The molecule has 0 aliphatic rings. The highest BCUT2D eigenvalue weighted by atomic mass is 19.4. The van der Waals surface area contributed by atoms with E-state index in [1.54, 1.807) is 0 Å². The molecule has 0 aliphatic carbocycles. The number of halogens is 3. The first kappa shape index (κ1) is 15.6. The van der Waals surface area contributed by atoms with Gasteiger partial charge in [0, 0.05) is 5.69 Å². The van der Waals surface area contributed by atoms with Crippen LogP contribution in [0.1, 0.15) is 6.92 Å². The number of hydrogen-bond acceptors (Lipinski definition) is 3. The van der Waals surface area contributed by atoms with Crippen LogP contribution in [0.15, 0.2) is 24.3 Å². The fraction of sp³-hybridized carbons (Fsp3) is 0.273. The van der Waals surface area contributed by atoms with Crippen molar-refractivity contribution in [2.24, 2.45) is 5.73 Å². The van der Waals surface area contributed by atoms with Crippen molar-refractivity contribution in [3.63, 3.8) is 0 Å². The molecule has 6 nitrogen and oxygen atoms in total. The summed E-state index contributed by atoms with van der Waals surface area (Å²) >= 11 is 0. The summed E-state index contributed by atoms with van der Waals surface area (Å²) in [5, 5.41) is 4.57. The molecule has 9 heteroatoms. The van der Waals surface area contributed by atoms with Gasteiger partial charge >= 0.3 is 12.4 Å². The lowest BCUT2D eigenvalue weighted by atomic mass is 10.3. The molecule has 0 aromatic heterocycles. The Labute approximate surface area is 112 Å². The second-order valence-electron chi connectivity index (χ2n) is 3.79. The number of hydrogen-bond donors (Lipinski definition) is 3. The van der Waals surface area contributed by atoms with Gasteiger partial charge in [-0.05, 0) is 31.2 Å². The first-order chi connectivity index (χ1) is 9.17. The van der Waals surface area contributed by atoms with Gasteiger partial charge in [-0.3, -0.25) is 4.79 Å². The van der Waals surface area contributed by atoms with Crippen molar-refractivity contribution in [3.8, 4) is 5.75 Å². The lowest BCUT2D eigenvalue weighted by Gasteiger charge is -2.12. The summed E-state index contributed by atoms with van der Waals surface area (Å²) in [7, 11) is 0. The predicted molar refractivity (Wildman–Crippen MR) is 63.9 cm³/mol. The maximum atomic E-state index is 11.9. The van der Waals surface area contributed by atoms with Gasteiger partial charge in [-0.25, -0.2) is 4.79 Å². The molecule has 0 aliphatic heterocycles. The molecule has 1 aromatic carbocycles. The van der Waals surface area contributed by atoms with E-state index in [1.165, 1.54) is 19.1 Å². The Morgan fingerprint density at radius 3 is 2.25 bits per heavy atom. The number of anilines is 1. The van der Waals surface area contributed by atoms with E-state index in [0.29, 0.717) is 0 Å². The number of primary amides is 1. The van der Waals surface area contributed by atoms with Crippen LogP contribution in [-0.2, 0) is 4.79 Å². The van der Waals surface area contributed by atoms with E-state index in [2.05, 4.69) is 15.4 Å². The number of ether oxygens (including phenoxy) is 1. The standard InChI is InChI=1S/C11H12F3N3O3/c1-6(9(15)18)16-10(19)17-7-2-4-8(5-3-7)20-11(12,13)14/h2-6H,1H3,(H2,15,18)(H2,16,17,19). The number of urea groups is 1. The molecule has 1 aromatic rings. The first-order valence-corrected chi connectivity index (χ1v) is 5.40. The minimum Gasteiger partial charge on any atom is -0.406 e. The molecule has 0 heterocycles. The zero-order chi connectivity index (χ0) is 15.3. The van der Waals surface area contributed by atoms with Crippen LogP contribution in [0, 0.1) is 0 Å². The van der Waals surface area contributed by atoms with Crippen LogP contribution < -0.4 is 21.1 Å². The fourth-order valence-corrected chi connectivity index (χ4v) is 1.17. The predicted octanol–water partition coefficient (Wildman–Crippen LogP) is 1.58. The number of benzene rings is 1. The van der Waals surface area contributed by atoms with Gasteiger partial charge in [-0.1, -0.05) is 0 Å². The van der Waals surface area contributed by atoms with E-state index in [0.717, 1.165) is 12.1 Å². The minimum atomic E-state index is -4.77. The molecule has 0 radical (unpaired) electrons. The second kappa shape index (κ2) is 6.13. The molecule has 110 valence electrons. The molecule has 0 saturated carbocycles. The van der Waals surface area contributed by atoms with Crippen LogP contribution in [0.3, 0.4) is 0 Å². The topological polar surface area (TPSA) is 93.4 Å². The van der Waals surface area contributed by atoms with Crippen molar-refractivity contribution in [3.05, 3.63) is 24.3 Å². The summed E-state index contributed by atoms with van der Waals surface area (Å²) in [4.78, 5) is 22.1. The molecule has 0 spiro atoms. The summed E-state index contributed by atoms with van der Waals surface area (Å²) in [5.41, 5.74) is 5.18. The van der Waals surface area contributed by atoms with Gasteiger partial charge in [0.2, 0.25) is 5.91 Å². The Bertz CT molecular complexity index is 488. The summed E-state index contributed by atoms with van der Waals surface area (Å²) in [6, 6.07) is 2.94. The third kappa shape index (κ3) is 5.46. The summed E-state index contributed by atoms with van der Waals surface area (Å²) in [6.45, 7) is 1.39. The van der Waals surface area contributed by atoms with Gasteiger partial charge in [0.05, 0.1) is 0 Å². The third-order valence-corrected chi connectivity index (χ3v) is 2.12. The molecule has 0 bridgehead atoms. The van der Waals surface area contributed by atoms with Crippen molar-refractivity contribution in [2.45, 2.75) is 19.3 Å². The van der Waals surface area contributed by atoms with Gasteiger partial charge in [0.25, 0.3) is 0 Å². The van der Waals surface area contributed by atoms with Crippen LogP contribution in [0.4, 0.5) is 23.7 Å². The number of nitrogens with two attached hydrogens (primary N) is 1. The van der Waals surface area contributed by atoms with Gasteiger partial charge < -0.3 is 21.1 Å². The SMILES string of the molecule is CC(NC(=O)Nc1ccc(OC(F)(F)F)cc1)C(N)=O.